The summed E-state index contributed by atoms with van der Waals surface area (Å²) >= 11 is 0. The second-order valence-corrected chi connectivity index (χ2v) is 11.0. The highest BCUT2D eigenvalue weighted by Crippen LogP contribution is 2.38. The van der Waals surface area contributed by atoms with Crippen molar-refractivity contribution < 1.29 is 19.1 Å². The minimum absolute atomic E-state index is 0.0616. The number of hydrogen-bond acceptors (Lipinski definition) is 3. The zero-order valence-electron chi connectivity index (χ0n) is 11.4. The van der Waals surface area contributed by atoms with Crippen molar-refractivity contribution in [3.63, 3.8) is 0 Å². The molecule has 1 heterocycles. The van der Waals surface area contributed by atoms with Gasteiger partial charge in [-0.25, -0.2) is 4.79 Å². The molecule has 0 spiro atoms. The van der Waals surface area contributed by atoms with E-state index in [0.29, 0.717) is 13.0 Å². The fraction of sp³-hybridized carbons (Fsp3) is 0.917. The molecule has 1 rings (SSSR count). The summed E-state index contributed by atoms with van der Waals surface area (Å²) in [6.07, 6.45) is 0.749. The van der Waals surface area contributed by atoms with Gasteiger partial charge in [0.2, 0.25) is 0 Å². The summed E-state index contributed by atoms with van der Waals surface area (Å²) in [5.74, 6) is -0.865. The van der Waals surface area contributed by atoms with E-state index in [-0.39, 0.29) is 11.1 Å². The molecule has 0 saturated carbocycles. The molecule has 17 heavy (non-hydrogen) atoms. The lowest BCUT2D eigenvalue weighted by atomic mass is 10.1. The van der Waals surface area contributed by atoms with E-state index >= 15 is 0 Å². The highest BCUT2D eigenvalue weighted by Gasteiger charge is 2.40. The highest BCUT2D eigenvalue weighted by molar-refractivity contribution is 6.74. The Balaban J connectivity index is 2.48. The Morgan fingerprint density at radius 1 is 1.35 bits per heavy atom. The van der Waals surface area contributed by atoms with Crippen LogP contribution in [-0.4, -0.2) is 38.2 Å². The summed E-state index contributed by atoms with van der Waals surface area (Å²) in [5.41, 5.74) is 0. The third kappa shape index (κ3) is 3.79. The number of aliphatic carboxylic acids is 1. The van der Waals surface area contributed by atoms with Crippen LogP contribution in [0.15, 0.2) is 0 Å². The van der Waals surface area contributed by atoms with Crippen LogP contribution in [0.5, 0.6) is 0 Å². The normalized spacial score (nSPS) is 26.9. The van der Waals surface area contributed by atoms with Crippen molar-refractivity contribution in [1.82, 2.24) is 0 Å². The molecular weight excluding hydrogens is 236 g/mol. The van der Waals surface area contributed by atoms with Gasteiger partial charge in [0.1, 0.15) is 0 Å². The summed E-state index contributed by atoms with van der Waals surface area (Å²) in [4.78, 5) is 10.7. The fourth-order valence-corrected chi connectivity index (χ4v) is 2.98. The number of carbonyl (C=O) groups is 1. The van der Waals surface area contributed by atoms with Crippen LogP contribution in [-0.2, 0) is 14.0 Å². The molecule has 1 N–H and O–H groups in total. The average molecular weight is 260 g/mol. The lowest BCUT2D eigenvalue weighted by Gasteiger charge is -2.40. The minimum atomic E-state index is -1.77. The number of carboxylic acid groups (broad SMARTS) is 1. The monoisotopic (exact) mass is 260 g/mol. The van der Waals surface area contributed by atoms with Crippen LogP contribution < -0.4 is 0 Å². The SMILES string of the molecule is CC(C)(C)[Si](C)(C)OC1CC[C@@H](C(=O)O)OC1. The number of hydrogen-bond donors (Lipinski definition) is 1. The van der Waals surface area contributed by atoms with Gasteiger partial charge in [-0.1, -0.05) is 20.8 Å². The third-order valence-electron chi connectivity index (χ3n) is 3.78. The maximum Gasteiger partial charge on any atom is 0.332 e. The van der Waals surface area contributed by atoms with E-state index in [9.17, 15) is 4.79 Å². The molecule has 5 heteroatoms. The van der Waals surface area contributed by atoms with Gasteiger partial charge in [0, 0.05) is 0 Å². The Kier molecular flexibility index (Phi) is 4.38. The molecule has 2 atom stereocenters. The first-order chi connectivity index (χ1) is 7.63. The minimum Gasteiger partial charge on any atom is -0.479 e. The van der Waals surface area contributed by atoms with Gasteiger partial charge >= 0.3 is 5.97 Å². The zero-order chi connectivity index (χ0) is 13.3. The largest absolute Gasteiger partial charge is 0.479 e. The van der Waals surface area contributed by atoms with Crippen LogP contribution in [0.1, 0.15) is 33.6 Å². The third-order valence-corrected chi connectivity index (χ3v) is 8.31. The summed E-state index contributed by atoms with van der Waals surface area (Å²) in [6.45, 7) is 11.4. The van der Waals surface area contributed by atoms with E-state index in [1.54, 1.807) is 0 Å². The van der Waals surface area contributed by atoms with Gasteiger partial charge in [0.25, 0.3) is 0 Å². The fourth-order valence-electron chi connectivity index (χ4n) is 1.61. The first kappa shape index (κ1) is 14.7. The predicted octanol–water partition coefficient (Wildman–Crippen LogP) is 2.64. The zero-order valence-corrected chi connectivity index (χ0v) is 12.4. The van der Waals surface area contributed by atoms with Crippen molar-refractivity contribution >= 4 is 14.3 Å². The molecule has 0 aliphatic carbocycles. The molecule has 0 aromatic rings. The van der Waals surface area contributed by atoms with Crippen molar-refractivity contribution in [3.05, 3.63) is 0 Å². The van der Waals surface area contributed by atoms with Crippen LogP contribution in [0.25, 0.3) is 0 Å². The summed E-state index contributed by atoms with van der Waals surface area (Å²) < 4.78 is 11.5. The smallest absolute Gasteiger partial charge is 0.332 e. The highest BCUT2D eigenvalue weighted by atomic mass is 28.4. The molecule has 0 radical (unpaired) electrons. The van der Waals surface area contributed by atoms with Crippen molar-refractivity contribution in [1.29, 1.82) is 0 Å². The predicted molar refractivity (Wildman–Crippen MR) is 68.7 cm³/mol. The van der Waals surface area contributed by atoms with Crippen molar-refractivity contribution in [2.45, 2.75) is 64.0 Å². The van der Waals surface area contributed by atoms with Crippen LogP contribution in [0.3, 0.4) is 0 Å². The van der Waals surface area contributed by atoms with E-state index in [2.05, 4.69) is 33.9 Å². The van der Waals surface area contributed by atoms with Gasteiger partial charge in [0.15, 0.2) is 14.4 Å². The standard InChI is InChI=1S/C12H24O4Si/c1-12(2,3)17(4,5)16-9-6-7-10(11(13)14)15-8-9/h9-10H,6-8H2,1-5H3,(H,13,14)/t9?,10-/m0/s1. The average Bonchev–Trinajstić information content (AvgIpc) is 2.16. The second-order valence-electron chi connectivity index (χ2n) is 6.24. The molecule has 1 fully saturated rings. The summed E-state index contributed by atoms with van der Waals surface area (Å²) in [7, 11) is -1.77. The van der Waals surface area contributed by atoms with Crippen molar-refractivity contribution in [2.24, 2.45) is 0 Å². The molecular formula is C12H24O4Si. The molecule has 1 unspecified atom stereocenters. The quantitative estimate of drug-likeness (QED) is 0.793. The van der Waals surface area contributed by atoms with Crippen molar-refractivity contribution in [2.75, 3.05) is 6.61 Å². The number of rotatable bonds is 3. The van der Waals surface area contributed by atoms with E-state index in [0.717, 1.165) is 6.42 Å². The maximum absolute atomic E-state index is 10.7. The Bertz CT molecular complexity index is 275. The Morgan fingerprint density at radius 2 is 1.94 bits per heavy atom. The summed E-state index contributed by atoms with van der Waals surface area (Å²) in [5, 5.41) is 9.01. The molecule has 0 aromatic heterocycles. The molecule has 1 saturated heterocycles. The van der Waals surface area contributed by atoms with Crippen LogP contribution in [0.2, 0.25) is 18.1 Å². The van der Waals surface area contributed by atoms with Gasteiger partial charge in [0.05, 0.1) is 12.7 Å². The lowest BCUT2D eigenvalue weighted by molar-refractivity contribution is -0.157. The van der Waals surface area contributed by atoms with Crippen LogP contribution >= 0.6 is 0 Å². The molecule has 1 aliphatic heterocycles. The molecule has 1 aliphatic rings. The molecule has 0 amide bonds. The van der Waals surface area contributed by atoms with Gasteiger partial charge in [-0.2, -0.15) is 0 Å². The second kappa shape index (κ2) is 5.08. The van der Waals surface area contributed by atoms with Crippen LogP contribution in [0, 0.1) is 0 Å². The lowest BCUT2D eigenvalue weighted by Crippen LogP contribution is -2.47. The first-order valence-corrected chi connectivity index (χ1v) is 9.06. The van der Waals surface area contributed by atoms with E-state index < -0.39 is 20.4 Å². The van der Waals surface area contributed by atoms with Gasteiger partial charge in [-0.15, -0.1) is 0 Å². The van der Waals surface area contributed by atoms with Gasteiger partial charge in [-0.05, 0) is 31.0 Å². The van der Waals surface area contributed by atoms with Gasteiger partial charge < -0.3 is 14.3 Å². The Morgan fingerprint density at radius 3 is 2.29 bits per heavy atom. The molecule has 100 valence electrons. The number of ether oxygens (including phenoxy) is 1. The van der Waals surface area contributed by atoms with E-state index in [1.165, 1.54) is 0 Å². The van der Waals surface area contributed by atoms with Gasteiger partial charge in [-0.3, -0.25) is 0 Å². The maximum atomic E-state index is 10.7. The topological polar surface area (TPSA) is 55.8 Å². The Labute approximate surface area is 104 Å². The molecule has 0 aromatic carbocycles. The van der Waals surface area contributed by atoms with E-state index in [4.69, 9.17) is 14.3 Å². The van der Waals surface area contributed by atoms with E-state index in [1.807, 2.05) is 0 Å². The van der Waals surface area contributed by atoms with Crippen molar-refractivity contribution in [3.8, 4) is 0 Å². The molecule has 0 bridgehead atoms. The summed E-state index contributed by atoms with van der Waals surface area (Å²) in [6, 6.07) is 0. The Hall–Kier alpha value is -0.393. The molecule has 4 nitrogen and oxygen atoms in total. The first-order valence-electron chi connectivity index (χ1n) is 6.16. The number of carboxylic acids is 1. The van der Waals surface area contributed by atoms with Crippen LogP contribution in [0.4, 0.5) is 0 Å².